The van der Waals surface area contributed by atoms with Crippen molar-refractivity contribution in [2.45, 2.75) is 13.0 Å². The number of nitrogen functional groups attached to an aromatic ring is 1. The van der Waals surface area contributed by atoms with Crippen LogP contribution in [0.25, 0.3) is 0 Å². The molecule has 250 valence electrons. The number of phenols is 1. The number of phenolic OH excluding ortho intramolecular Hbond substituents is 1. The molecule has 0 spiro atoms. The molecule has 1 aliphatic heterocycles. The van der Waals surface area contributed by atoms with E-state index in [1.54, 1.807) is 18.2 Å². The fourth-order valence-electron chi connectivity index (χ4n) is 4.50. The number of amidine groups is 2. The van der Waals surface area contributed by atoms with E-state index in [4.69, 9.17) is 34.8 Å². The fraction of sp³-hybridized carbons (Fsp3) is 0.212. The van der Waals surface area contributed by atoms with Gasteiger partial charge in [-0.1, -0.05) is 12.1 Å². The highest BCUT2D eigenvalue weighted by molar-refractivity contribution is 6.00. The van der Waals surface area contributed by atoms with Crippen molar-refractivity contribution >= 4 is 17.6 Å². The average Bonchev–Trinajstić information content (AvgIpc) is 3.51. The first-order chi connectivity index (χ1) is 23.0. The van der Waals surface area contributed by atoms with Crippen molar-refractivity contribution in [3.8, 4) is 46.3 Å². The van der Waals surface area contributed by atoms with Crippen molar-refractivity contribution < 1.29 is 47.5 Å². The number of esters is 1. The van der Waals surface area contributed by atoms with Gasteiger partial charge in [-0.25, -0.2) is 4.79 Å². The van der Waals surface area contributed by atoms with Crippen LogP contribution in [0.4, 0.5) is 8.78 Å². The molecule has 1 aromatic heterocycles. The molecule has 0 amide bonds. The Labute approximate surface area is 273 Å². The summed E-state index contributed by atoms with van der Waals surface area (Å²) in [4.78, 5) is 22.8. The smallest absolute Gasteiger partial charge is 0.338 e. The molecule has 5 N–H and O–H groups in total. The third-order valence-corrected chi connectivity index (χ3v) is 7.00. The molecule has 13 nitrogen and oxygen atoms in total. The highest BCUT2D eigenvalue weighted by atomic mass is 19.1. The molecule has 48 heavy (non-hydrogen) atoms. The van der Waals surface area contributed by atoms with Crippen LogP contribution in [-0.4, -0.2) is 77.7 Å². The molecule has 1 atom stereocenters. The van der Waals surface area contributed by atoms with Gasteiger partial charge in [-0.15, -0.1) is 0 Å². The van der Waals surface area contributed by atoms with E-state index in [0.29, 0.717) is 17.9 Å². The fourth-order valence-corrected chi connectivity index (χ4v) is 4.50. The maximum absolute atomic E-state index is 16.1. The van der Waals surface area contributed by atoms with Crippen molar-refractivity contribution in [3.05, 3.63) is 89.0 Å². The number of rotatable bonds is 12. The zero-order chi connectivity index (χ0) is 34.5. The van der Waals surface area contributed by atoms with Gasteiger partial charge in [0.25, 0.3) is 11.8 Å². The van der Waals surface area contributed by atoms with E-state index in [-0.39, 0.29) is 40.0 Å². The molecule has 3 aromatic carbocycles. The number of methoxy groups -OCH3 is 1. The molecule has 0 fully saturated rings. The van der Waals surface area contributed by atoms with Crippen LogP contribution in [0.3, 0.4) is 0 Å². The van der Waals surface area contributed by atoms with Crippen molar-refractivity contribution in [3.63, 3.8) is 0 Å². The highest BCUT2D eigenvalue weighted by Crippen LogP contribution is 2.43. The Morgan fingerprint density at radius 1 is 1.00 bits per heavy atom. The van der Waals surface area contributed by atoms with Gasteiger partial charge in [-0.05, 0) is 55.5 Å². The van der Waals surface area contributed by atoms with Gasteiger partial charge < -0.3 is 44.5 Å². The maximum Gasteiger partial charge on any atom is 0.338 e. The van der Waals surface area contributed by atoms with Crippen LogP contribution in [0.2, 0.25) is 0 Å². The van der Waals surface area contributed by atoms with Crippen LogP contribution < -0.4 is 24.7 Å². The van der Waals surface area contributed by atoms with E-state index in [2.05, 4.69) is 9.98 Å². The lowest BCUT2D eigenvalue weighted by atomic mass is 10.2. The lowest BCUT2D eigenvalue weighted by Gasteiger charge is -2.17. The molecule has 15 heteroatoms. The number of aromatic nitrogens is 1. The van der Waals surface area contributed by atoms with Crippen molar-refractivity contribution in [1.82, 2.24) is 9.88 Å². The Morgan fingerprint density at radius 3 is 2.38 bits per heavy atom. The van der Waals surface area contributed by atoms with Crippen LogP contribution in [0.1, 0.15) is 28.4 Å². The number of nitrogens with one attached hydrogen (secondary N) is 1. The van der Waals surface area contributed by atoms with E-state index < -0.39 is 53.6 Å². The predicted molar refractivity (Wildman–Crippen MR) is 169 cm³/mol. The van der Waals surface area contributed by atoms with Crippen molar-refractivity contribution in [1.29, 1.82) is 5.41 Å². The minimum absolute atomic E-state index is 0.0152. The number of nitrogens with zero attached hydrogens (tertiary/aromatic N) is 3. The van der Waals surface area contributed by atoms with Gasteiger partial charge in [0.05, 0.1) is 25.8 Å². The van der Waals surface area contributed by atoms with Crippen LogP contribution >= 0.6 is 0 Å². The number of benzene rings is 3. The quantitative estimate of drug-likeness (QED) is 0.0913. The highest BCUT2D eigenvalue weighted by Gasteiger charge is 2.28. The summed E-state index contributed by atoms with van der Waals surface area (Å²) in [6.45, 7) is 2.43. The third kappa shape index (κ3) is 7.20. The molecule has 0 saturated heterocycles. The standard InChI is InChI=1S/C33H31F2N5O8/c1-17(16-41)45-33(43)20-8-10-23(25(15-20)44-3)47-28-26(34)31(46-21-6-4-5-19(13-21)30-38-11-12-40(30)2)39-32(27(28)35)48-24-14-18(29(36)37)7-9-22(24)42/h4-10,13-15,17,41-42H,11-12,16H2,1-3H3,(H3,36,37). The van der Waals surface area contributed by atoms with E-state index in [9.17, 15) is 15.0 Å². The minimum atomic E-state index is -1.43. The average molecular weight is 664 g/mol. The second-order valence-electron chi connectivity index (χ2n) is 10.5. The minimum Gasteiger partial charge on any atom is -0.504 e. The van der Waals surface area contributed by atoms with Crippen LogP contribution in [-0.2, 0) is 4.74 Å². The van der Waals surface area contributed by atoms with Gasteiger partial charge in [0.1, 0.15) is 23.5 Å². The number of ether oxygens (including phenoxy) is 5. The van der Waals surface area contributed by atoms with Crippen molar-refractivity contribution in [2.24, 2.45) is 10.7 Å². The Morgan fingerprint density at radius 2 is 1.71 bits per heavy atom. The summed E-state index contributed by atoms with van der Waals surface area (Å²) < 4.78 is 59.5. The summed E-state index contributed by atoms with van der Waals surface area (Å²) in [5.74, 6) is -6.82. The number of aliphatic hydroxyl groups excluding tert-OH is 1. The van der Waals surface area contributed by atoms with Gasteiger partial charge >= 0.3 is 5.97 Å². The number of aliphatic imine (C=N–C) groups is 1. The second-order valence-corrected chi connectivity index (χ2v) is 10.5. The second kappa shape index (κ2) is 14.2. The van der Waals surface area contributed by atoms with Crippen LogP contribution in [0.15, 0.2) is 65.7 Å². The number of nitrogens with two attached hydrogens (primary N) is 1. The largest absolute Gasteiger partial charge is 0.504 e. The molecular weight excluding hydrogens is 632 g/mol. The Hall–Kier alpha value is -5.96. The predicted octanol–water partition coefficient (Wildman–Crippen LogP) is 4.96. The Bertz CT molecular complexity index is 1900. The first kappa shape index (κ1) is 33.4. The first-order valence-electron chi connectivity index (χ1n) is 14.4. The molecule has 5 rings (SSSR count). The van der Waals surface area contributed by atoms with Crippen molar-refractivity contribution in [2.75, 3.05) is 33.9 Å². The Balaban J connectivity index is 1.57. The number of likely N-dealkylation sites (N-methyl/N-ethyl adjacent to an activating group) is 1. The third-order valence-electron chi connectivity index (χ3n) is 7.00. The Kier molecular flexibility index (Phi) is 9.89. The topological polar surface area (TPSA) is 182 Å². The normalized spacial score (nSPS) is 13.0. The summed E-state index contributed by atoms with van der Waals surface area (Å²) in [5.41, 5.74) is 6.40. The number of halogens is 2. The lowest BCUT2D eigenvalue weighted by molar-refractivity contribution is 0.0196. The molecule has 1 aliphatic rings. The first-order valence-corrected chi connectivity index (χ1v) is 14.4. The number of carbonyl (C=O) groups excluding carboxylic acids is 1. The number of pyridine rings is 1. The summed E-state index contributed by atoms with van der Waals surface area (Å²) in [7, 11) is 3.13. The van der Waals surface area contributed by atoms with E-state index in [1.165, 1.54) is 56.5 Å². The lowest BCUT2D eigenvalue weighted by Crippen LogP contribution is -2.23. The summed E-state index contributed by atoms with van der Waals surface area (Å²) >= 11 is 0. The monoisotopic (exact) mass is 663 g/mol. The maximum atomic E-state index is 16.1. The number of hydrogen-bond donors (Lipinski definition) is 4. The zero-order valence-electron chi connectivity index (χ0n) is 26.0. The van der Waals surface area contributed by atoms with Gasteiger partial charge in [0, 0.05) is 24.7 Å². The number of carbonyl (C=O) groups is 1. The number of aliphatic hydroxyl groups is 1. The summed E-state index contributed by atoms with van der Waals surface area (Å²) in [6, 6.07) is 14.0. The molecule has 4 aromatic rings. The zero-order valence-corrected chi connectivity index (χ0v) is 26.0. The van der Waals surface area contributed by atoms with E-state index >= 15 is 8.78 Å². The SMILES string of the molecule is COc1cc(C(=O)OC(C)CO)ccc1Oc1c(F)c(Oc2cccc(C3=NCCN3C)c2)nc(Oc2cc(C(=N)N)ccc2O)c1F. The summed E-state index contributed by atoms with van der Waals surface area (Å²) in [6.07, 6.45) is -0.778. The number of hydrogen-bond acceptors (Lipinski definition) is 12. The van der Waals surface area contributed by atoms with E-state index in [1.807, 2.05) is 11.9 Å². The van der Waals surface area contributed by atoms with Gasteiger partial charge in [0.2, 0.25) is 17.4 Å². The molecule has 0 radical (unpaired) electrons. The van der Waals surface area contributed by atoms with Gasteiger partial charge in [-0.3, -0.25) is 10.4 Å². The molecule has 0 bridgehead atoms. The molecule has 0 saturated carbocycles. The summed E-state index contributed by atoms with van der Waals surface area (Å²) in [5, 5.41) is 27.3. The number of aromatic hydroxyl groups is 1. The molecular formula is C33H31F2N5O8. The van der Waals surface area contributed by atoms with Gasteiger partial charge in [0.15, 0.2) is 23.0 Å². The molecule has 0 aliphatic carbocycles. The van der Waals surface area contributed by atoms with Gasteiger partial charge in [-0.2, -0.15) is 13.8 Å². The molecule has 2 heterocycles. The molecule has 1 unspecified atom stereocenters. The van der Waals surface area contributed by atoms with Crippen LogP contribution in [0.5, 0.6) is 46.3 Å². The van der Waals surface area contributed by atoms with E-state index in [0.717, 1.165) is 6.54 Å². The van der Waals surface area contributed by atoms with Crippen LogP contribution in [0, 0.1) is 17.0 Å².